The third-order valence-electron chi connectivity index (χ3n) is 11.0. The van der Waals surface area contributed by atoms with Crippen molar-refractivity contribution < 1.29 is 14.6 Å². The molecule has 0 aliphatic heterocycles. The zero-order valence-corrected chi connectivity index (χ0v) is 20.9. The van der Waals surface area contributed by atoms with E-state index in [2.05, 4.69) is 27.7 Å². The van der Waals surface area contributed by atoms with Crippen LogP contribution in [0.1, 0.15) is 105 Å². The van der Waals surface area contributed by atoms with Gasteiger partial charge < -0.3 is 9.84 Å². The predicted octanol–water partition coefficient (Wildman–Crippen LogP) is 7.19. The molecule has 0 aromatic carbocycles. The second-order valence-electron chi connectivity index (χ2n) is 12.7. The molecule has 9 atom stereocenters. The summed E-state index contributed by atoms with van der Waals surface area (Å²) in [7, 11) is 1.78. The van der Waals surface area contributed by atoms with Gasteiger partial charge in [-0.15, -0.1) is 0 Å². The molecule has 0 amide bonds. The SMILES string of the molecule is COC1CCC2CCC3C4CCC(C(C)CCCC(C)C)C4(C)CCC3C2(C(=O)O)C1. The molecule has 31 heavy (non-hydrogen) atoms. The van der Waals surface area contributed by atoms with E-state index in [-0.39, 0.29) is 6.10 Å². The molecule has 3 nitrogen and oxygen atoms in total. The van der Waals surface area contributed by atoms with Crippen molar-refractivity contribution in [3.63, 3.8) is 0 Å². The fourth-order valence-electron chi connectivity index (χ4n) is 9.52. The van der Waals surface area contributed by atoms with Gasteiger partial charge in [-0.25, -0.2) is 0 Å². The molecule has 4 saturated carbocycles. The Kier molecular flexibility index (Phi) is 6.84. The first-order valence-electron chi connectivity index (χ1n) is 13.5. The van der Waals surface area contributed by atoms with Crippen LogP contribution in [0.4, 0.5) is 0 Å². The summed E-state index contributed by atoms with van der Waals surface area (Å²) in [6.45, 7) is 9.80. The van der Waals surface area contributed by atoms with E-state index in [1.54, 1.807) is 7.11 Å². The maximum Gasteiger partial charge on any atom is 0.310 e. The maximum absolute atomic E-state index is 12.9. The van der Waals surface area contributed by atoms with E-state index in [1.807, 2.05) is 0 Å². The molecule has 0 radical (unpaired) electrons. The van der Waals surface area contributed by atoms with Gasteiger partial charge in [0.25, 0.3) is 0 Å². The molecule has 0 aromatic heterocycles. The molecule has 178 valence electrons. The van der Waals surface area contributed by atoms with Crippen LogP contribution in [0, 0.1) is 52.3 Å². The van der Waals surface area contributed by atoms with E-state index in [0.717, 1.165) is 55.8 Å². The number of methoxy groups -OCH3 is 1. The van der Waals surface area contributed by atoms with Crippen molar-refractivity contribution >= 4 is 5.97 Å². The molecule has 0 saturated heterocycles. The van der Waals surface area contributed by atoms with Crippen LogP contribution in [-0.4, -0.2) is 24.3 Å². The molecular weight excluding hydrogens is 384 g/mol. The second-order valence-corrected chi connectivity index (χ2v) is 12.7. The summed E-state index contributed by atoms with van der Waals surface area (Å²) in [6.07, 6.45) is 14.6. The van der Waals surface area contributed by atoms with Gasteiger partial charge >= 0.3 is 5.97 Å². The zero-order valence-electron chi connectivity index (χ0n) is 20.9. The van der Waals surface area contributed by atoms with Crippen molar-refractivity contribution in [1.82, 2.24) is 0 Å². The molecule has 3 heteroatoms. The molecule has 4 aliphatic rings. The Balaban J connectivity index is 1.54. The summed E-state index contributed by atoms with van der Waals surface area (Å²) in [5.41, 5.74) is -0.0928. The number of carbonyl (C=O) groups is 1. The second kappa shape index (κ2) is 8.99. The third kappa shape index (κ3) is 3.89. The maximum atomic E-state index is 12.9. The molecule has 4 aliphatic carbocycles. The van der Waals surface area contributed by atoms with Crippen LogP contribution in [0.2, 0.25) is 0 Å². The smallest absolute Gasteiger partial charge is 0.310 e. The van der Waals surface area contributed by atoms with Crippen molar-refractivity contribution in [1.29, 1.82) is 0 Å². The molecular formula is C28H48O3. The van der Waals surface area contributed by atoms with Crippen LogP contribution < -0.4 is 0 Å². The molecule has 0 bridgehead atoms. The summed E-state index contributed by atoms with van der Waals surface area (Å²) >= 11 is 0. The van der Waals surface area contributed by atoms with E-state index >= 15 is 0 Å². The highest BCUT2D eigenvalue weighted by molar-refractivity contribution is 5.76. The number of aliphatic carboxylic acids is 1. The minimum Gasteiger partial charge on any atom is -0.481 e. The summed E-state index contributed by atoms with van der Waals surface area (Å²) in [6, 6.07) is 0. The monoisotopic (exact) mass is 432 g/mol. The molecule has 4 rings (SSSR count). The zero-order chi connectivity index (χ0) is 22.4. The van der Waals surface area contributed by atoms with Crippen molar-refractivity contribution in [2.45, 2.75) is 111 Å². The molecule has 9 unspecified atom stereocenters. The molecule has 0 aromatic rings. The Bertz CT molecular complexity index is 644. The lowest BCUT2D eigenvalue weighted by atomic mass is 9.43. The van der Waals surface area contributed by atoms with Crippen molar-refractivity contribution in [2.24, 2.45) is 52.3 Å². The Labute approximate surface area is 191 Å². The number of carboxylic acid groups (broad SMARTS) is 1. The number of carboxylic acids is 1. The van der Waals surface area contributed by atoms with Crippen LogP contribution in [-0.2, 0) is 9.53 Å². The Morgan fingerprint density at radius 1 is 1.00 bits per heavy atom. The number of hydrogen-bond acceptors (Lipinski definition) is 2. The van der Waals surface area contributed by atoms with Crippen LogP contribution in [0.25, 0.3) is 0 Å². The van der Waals surface area contributed by atoms with Gasteiger partial charge in [-0.3, -0.25) is 4.79 Å². The highest BCUT2D eigenvalue weighted by Gasteiger charge is 2.64. The predicted molar refractivity (Wildman–Crippen MR) is 126 cm³/mol. The average molecular weight is 433 g/mol. The minimum atomic E-state index is -0.524. The van der Waals surface area contributed by atoms with E-state index in [1.165, 1.54) is 44.9 Å². The normalized spacial score (nSPS) is 45.6. The van der Waals surface area contributed by atoms with Gasteiger partial charge in [0.15, 0.2) is 0 Å². The van der Waals surface area contributed by atoms with Crippen molar-refractivity contribution in [3.8, 4) is 0 Å². The summed E-state index contributed by atoms with van der Waals surface area (Å²) in [5.74, 6) is 4.05. The Hall–Kier alpha value is -0.570. The summed E-state index contributed by atoms with van der Waals surface area (Å²) in [4.78, 5) is 12.9. The average Bonchev–Trinajstić information content (AvgIpc) is 3.09. The first kappa shape index (κ1) is 23.6. The quantitative estimate of drug-likeness (QED) is 0.463. The number of hydrogen-bond donors (Lipinski definition) is 1. The van der Waals surface area contributed by atoms with Gasteiger partial charge in [0.05, 0.1) is 11.5 Å². The lowest BCUT2D eigenvalue weighted by Gasteiger charge is -2.60. The van der Waals surface area contributed by atoms with Crippen LogP contribution in [0.3, 0.4) is 0 Å². The fraction of sp³-hybridized carbons (Fsp3) is 0.964. The van der Waals surface area contributed by atoms with Crippen LogP contribution >= 0.6 is 0 Å². The minimum absolute atomic E-state index is 0.136. The highest BCUT2D eigenvalue weighted by Crippen LogP contribution is 2.68. The lowest BCUT2D eigenvalue weighted by Crippen LogP contribution is -2.59. The van der Waals surface area contributed by atoms with Crippen molar-refractivity contribution in [3.05, 3.63) is 0 Å². The Morgan fingerprint density at radius 3 is 2.42 bits per heavy atom. The first-order chi connectivity index (χ1) is 14.7. The number of fused-ring (bicyclic) bond motifs is 5. The van der Waals surface area contributed by atoms with E-state index in [0.29, 0.717) is 23.2 Å². The molecule has 0 heterocycles. The molecule has 0 spiro atoms. The van der Waals surface area contributed by atoms with Gasteiger partial charge in [-0.1, -0.05) is 47.0 Å². The van der Waals surface area contributed by atoms with E-state index in [4.69, 9.17) is 4.74 Å². The topological polar surface area (TPSA) is 46.5 Å². The van der Waals surface area contributed by atoms with E-state index < -0.39 is 11.4 Å². The van der Waals surface area contributed by atoms with Gasteiger partial charge in [0, 0.05) is 7.11 Å². The van der Waals surface area contributed by atoms with Gasteiger partial charge in [-0.2, -0.15) is 0 Å². The first-order valence-corrected chi connectivity index (χ1v) is 13.5. The molecule has 4 fully saturated rings. The van der Waals surface area contributed by atoms with Gasteiger partial charge in [0.2, 0.25) is 0 Å². The lowest BCUT2D eigenvalue weighted by molar-refractivity contribution is -0.188. The highest BCUT2D eigenvalue weighted by atomic mass is 16.5. The Morgan fingerprint density at radius 2 is 1.74 bits per heavy atom. The molecule has 1 N–H and O–H groups in total. The standard InChI is InChI=1S/C28H48O3/c1-18(2)7-6-8-19(3)23-13-14-24-22-12-10-20-9-11-21(31-5)17-28(20,26(29)30)25(22)15-16-27(23,24)4/h18-25H,6-17H2,1-5H3,(H,29,30). The largest absolute Gasteiger partial charge is 0.481 e. The van der Waals surface area contributed by atoms with Crippen molar-refractivity contribution in [2.75, 3.05) is 7.11 Å². The van der Waals surface area contributed by atoms with Crippen LogP contribution in [0.15, 0.2) is 0 Å². The van der Waals surface area contributed by atoms with Gasteiger partial charge in [-0.05, 0) is 105 Å². The van der Waals surface area contributed by atoms with Gasteiger partial charge in [0.1, 0.15) is 0 Å². The van der Waals surface area contributed by atoms with E-state index in [9.17, 15) is 9.90 Å². The summed E-state index contributed by atoms with van der Waals surface area (Å²) in [5, 5.41) is 10.6. The number of ether oxygens (including phenoxy) is 1. The fourth-order valence-corrected chi connectivity index (χ4v) is 9.52. The van der Waals surface area contributed by atoms with Crippen LogP contribution in [0.5, 0.6) is 0 Å². The third-order valence-corrected chi connectivity index (χ3v) is 11.0. The summed E-state index contributed by atoms with van der Waals surface area (Å²) < 4.78 is 5.74. The number of rotatable bonds is 7.